The van der Waals surface area contributed by atoms with E-state index in [-0.39, 0.29) is 5.25 Å². The molecule has 0 spiro atoms. The summed E-state index contributed by atoms with van der Waals surface area (Å²) in [6.07, 6.45) is 20.3. The van der Waals surface area contributed by atoms with Gasteiger partial charge in [-0.3, -0.25) is 0 Å². The Morgan fingerprint density at radius 3 is 2.66 bits per heavy atom. The van der Waals surface area contributed by atoms with Crippen LogP contribution < -0.4 is 0 Å². The Hall–Kier alpha value is -1.99. The van der Waals surface area contributed by atoms with Gasteiger partial charge in [-0.1, -0.05) is 81.9 Å². The molecule has 0 aliphatic rings. The molecule has 0 fully saturated rings. The third-order valence-electron chi connectivity index (χ3n) is 4.70. The fourth-order valence-electron chi connectivity index (χ4n) is 3.08. The molecule has 4 heteroatoms. The number of carboxylic acids is 1. The fourth-order valence-corrected chi connectivity index (χ4v) is 4.11. The van der Waals surface area contributed by atoms with Crippen LogP contribution in [0.5, 0.6) is 0 Å². The first-order valence-corrected chi connectivity index (χ1v) is 11.9. The van der Waals surface area contributed by atoms with Gasteiger partial charge in [0.05, 0.1) is 11.6 Å². The smallest absolute Gasteiger partial charge is 0.335 e. The minimum absolute atomic E-state index is 0.232. The maximum atomic E-state index is 11.2. The number of aromatic carboxylic acids is 1. The largest absolute Gasteiger partial charge is 0.478 e. The van der Waals surface area contributed by atoms with Crippen molar-refractivity contribution < 1.29 is 9.90 Å². The number of nitriles is 1. The lowest BCUT2D eigenvalue weighted by Crippen LogP contribution is -2.06. The molecule has 0 bridgehead atoms. The van der Waals surface area contributed by atoms with Crippen LogP contribution in [-0.2, 0) is 6.42 Å². The molecule has 1 rings (SSSR count). The molecule has 0 aliphatic heterocycles. The van der Waals surface area contributed by atoms with Crippen LogP contribution in [0.15, 0.2) is 48.6 Å². The first kappa shape index (κ1) is 25.0. The van der Waals surface area contributed by atoms with Crippen molar-refractivity contribution in [1.29, 1.82) is 5.26 Å². The average Bonchev–Trinajstić information content (AvgIpc) is 2.72. The maximum Gasteiger partial charge on any atom is 0.335 e. The molecule has 29 heavy (non-hydrogen) atoms. The lowest BCUT2D eigenvalue weighted by Gasteiger charge is -2.12. The minimum atomic E-state index is -0.899. The SMILES string of the molecule is CCCCCCCCC/C=C/C=C/C(Cc1cccc(C(=O)O)c1)SCCC#N. The molecule has 1 unspecified atom stereocenters. The fraction of sp³-hybridized carbons (Fsp3) is 0.520. The van der Waals surface area contributed by atoms with Gasteiger partial charge in [0, 0.05) is 17.4 Å². The Morgan fingerprint density at radius 1 is 1.17 bits per heavy atom. The number of nitrogens with zero attached hydrogens (tertiary/aromatic N) is 1. The van der Waals surface area contributed by atoms with Crippen LogP contribution in [-0.4, -0.2) is 22.1 Å². The van der Waals surface area contributed by atoms with Crippen LogP contribution >= 0.6 is 11.8 Å². The quantitative estimate of drug-likeness (QED) is 0.230. The van der Waals surface area contributed by atoms with E-state index in [9.17, 15) is 4.79 Å². The zero-order valence-corrected chi connectivity index (χ0v) is 18.5. The number of allylic oxidation sites excluding steroid dienone is 3. The first-order chi connectivity index (χ1) is 14.2. The molecular formula is C25H35NO2S. The lowest BCUT2D eigenvalue weighted by atomic mass is 10.1. The van der Waals surface area contributed by atoms with Crippen molar-refractivity contribution in [2.45, 2.75) is 76.4 Å². The van der Waals surface area contributed by atoms with Crippen molar-refractivity contribution in [1.82, 2.24) is 0 Å². The van der Waals surface area contributed by atoms with Gasteiger partial charge in [0.25, 0.3) is 0 Å². The summed E-state index contributed by atoms with van der Waals surface area (Å²) < 4.78 is 0. The molecular weight excluding hydrogens is 378 g/mol. The van der Waals surface area contributed by atoms with E-state index in [1.165, 1.54) is 44.9 Å². The highest BCUT2D eigenvalue weighted by molar-refractivity contribution is 8.00. The van der Waals surface area contributed by atoms with Crippen LogP contribution in [0.3, 0.4) is 0 Å². The molecule has 0 heterocycles. The number of carboxylic acid groups (broad SMARTS) is 1. The Bertz CT molecular complexity index is 676. The average molecular weight is 414 g/mol. The molecule has 0 saturated heterocycles. The van der Waals surface area contributed by atoms with E-state index < -0.39 is 5.97 Å². The van der Waals surface area contributed by atoms with E-state index in [1.54, 1.807) is 30.0 Å². The Morgan fingerprint density at radius 2 is 1.93 bits per heavy atom. The Labute approximate surface area is 180 Å². The third-order valence-corrected chi connectivity index (χ3v) is 5.90. The normalized spacial score (nSPS) is 12.4. The maximum absolute atomic E-state index is 11.2. The van der Waals surface area contributed by atoms with Gasteiger partial charge in [0.2, 0.25) is 0 Å². The summed E-state index contributed by atoms with van der Waals surface area (Å²) in [6.45, 7) is 2.25. The van der Waals surface area contributed by atoms with E-state index in [0.29, 0.717) is 12.0 Å². The molecule has 0 saturated carbocycles. The van der Waals surface area contributed by atoms with Gasteiger partial charge in [-0.2, -0.15) is 17.0 Å². The summed E-state index contributed by atoms with van der Waals surface area (Å²) in [5.41, 5.74) is 1.33. The topological polar surface area (TPSA) is 61.1 Å². The summed E-state index contributed by atoms with van der Waals surface area (Å²) in [4.78, 5) is 11.2. The van der Waals surface area contributed by atoms with E-state index in [2.05, 4.69) is 37.3 Å². The van der Waals surface area contributed by atoms with E-state index in [0.717, 1.165) is 24.2 Å². The van der Waals surface area contributed by atoms with Crippen LogP contribution in [0.1, 0.15) is 80.6 Å². The van der Waals surface area contributed by atoms with E-state index in [1.807, 2.05) is 6.07 Å². The summed E-state index contributed by atoms with van der Waals surface area (Å²) in [5, 5.41) is 18.2. The monoisotopic (exact) mass is 413 g/mol. The third kappa shape index (κ3) is 13.0. The first-order valence-electron chi connectivity index (χ1n) is 10.8. The number of benzene rings is 1. The molecule has 3 nitrogen and oxygen atoms in total. The molecule has 0 aromatic heterocycles. The summed E-state index contributed by atoms with van der Waals surface area (Å²) in [7, 11) is 0. The molecule has 0 aliphatic carbocycles. The zero-order valence-electron chi connectivity index (χ0n) is 17.7. The van der Waals surface area contributed by atoms with Crippen molar-refractivity contribution in [3.63, 3.8) is 0 Å². The molecule has 1 N–H and O–H groups in total. The Balaban J connectivity index is 2.44. The second-order valence-electron chi connectivity index (χ2n) is 7.25. The van der Waals surface area contributed by atoms with Crippen LogP contribution in [0.4, 0.5) is 0 Å². The molecule has 1 aromatic carbocycles. The Kier molecular flexibility index (Phi) is 14.6. The van der Waals surface area contributed by atoms with Crippen LogP contribution in [0.25, 0.3) is 0 Å². The highest BCUT2D eigenvalue weighted by Crippen LogP contribution is 2.20. The second-order valence-corrected chi connectivity index (χ2v) is 8.60. The number of hydrogen-bond donors (Lipinski definition) is 1. The number of rotatable bonds is 16. The highest BCUT2D eigenvalue weighted by atomic mass is 32.2. The number of hydrogen-bond acceptors (Lipinski definition) is 3. The van der Waals surface area contributed by atoms with Gasteiger partial charge >= 0.3 is 5.97 Å². The molecule has 158 valence electrons. The lowest BCUT2D eigenvalue weighted by molar-refractivity contribution is 0.0696. The predicted molar refractivity (Wildman–Crippen MR) is 124 cm³/mol. The number of carbonyl (C=O) groups is 1. The molecule has 0 radical (unpaired) electrons. The van der Waals surface area contributed by atoms with Gasteiger partial charge in [-0.25, -0.2) is 4.79 Å². The van der Waals surface area contributed by atoms with Crippen molar-refractivity contribution in [2.24, 2.45) is 0 Å². The molecule has 1 aromatic rings. The molecule has 0 amide bonds. The van der Waals surface area contributed by atoms with E-state index >= 15 is 0 Å². The van der Waals surface area contributed by atoms with Gasteiger partial charge in [-0.15, -0.1) is 0 Å². The van der Waals surface area contributed by atoms with Crippen LogP contribution in [0, 0.1) is 11.3 Å². The summed E-state index contributed by atoms with van der Waals surface area (Å²) >= 11 is 1.75. The van der Waals surface area contributed by atoms with Crippen molar-refractivity contribution in [3.05, 3.63) is 59.7 Å². The second kappa shape index (κ2) is 16.9. The standard InChI is InChI=1S/C25H35NO2S/c1-2-3-4-5-6-7-8-9-10-11-12-17-24(29-19-14-18-26)21-22-15-13-16-23(20-22)25(27)28/h10-13,15-17,20,24H,2-9,14,19,21H2,1H3,(H,27,28)/b11-10+,17-12+. The summed E-state index contributed by atoms with van der Waals surface area (Å²) in [6, 6.07) is 9.30. The summed E-state index contributed by atoms with van der Waals surface area (Å²) in [5.74, 6) is -0.115. The van der Waals surface area contributed by atoms with Crippen molar-refractivity contribution in [2.75, 3.05) is 5.75 Å². The highest BCUT2D eigenvalue weighted by Gasteiger charge is 2.09. The van der Waals surface area contributed by atoms with Crippen LogP contribution in [0.2, 0.25) is 0 Å². The minimum Gasteiger partial charge on any atom is -0.478 e. The number of thioether (sulfide) groups is 1. The predicted octanol–water partition coefficient (Wildman–Crippen LogP) is 7.20. The van der Waals surface area contributed by atoms with Crippen molar-refractivity contribution >= 4 is 17.7 Å². The molecule has 1 atom stereocenters. The zero-order chi connectivity index (χ0) is 21.2. The van der Waals surface area contributed by atoms with Gasteiger partial charge in [0.15, 0.2) is 0 Å². The van der Waals surface area contributed by atoms with Gasteiger partial charge in [0.1, 0.15) is 0 Å². The van der Waals surface area contributed by atoms with Gasteiger partial charge < -0.3 is 5.11 Å². The number of unbranched alkanes of at least 4 members (excludes halogenated alkanes) is 7. The van der Waals surface area contributed by atoms with E-state index in [4.69, 9.17) is 10.4 Å². The van der Waals surface area contributed by atoms with Crippen molar-refractivity contribution in [3.8, 4) is 6.07 Å². The van der Waals surface area contributed by atoms with Gasteiger partial charge in [-0.05, 0) is 37.0 Å².